The van der Waals surface area contributed by atoms with Crippen LogP contribution >= 0.6 is 12.4 Å². The van der Waals surface area contributed by atoms with Gasteiger partial charge in [0, 0.05) is 18.2 Å². The second kappa shape index (κ2) is 5.25. The number of halogens is 4. The highest BCUT2D eigenvalue weighted by Crippen LogP contribution is 2.45. The van der Waals surface area contributed by atoms with E-state index < -0.39 is 6.36 Å². The van der Waals surface area contributed by atoms with Crippen LogP contribution in [0, 0.1) is 5.41 Å². The number of nitrogens with one attached hydrogen (secondary N) is 1. The SMILES string of the molecule is CC1(C)CNC2c3ccc(OC(F)(F)F)cc3OC2C1.Cl. The molecule has 0 spiro atoms. The Morgan fingerprint density at radius 1 is 1.33 bits per heavy atom. The summed E-state index contributed by atoms with van der Waals surface area (Å²) in [6, 6.07) is 4.35. The normalized spacial score (nSPS) is 26.1. The standard InChI is InChI=1S/C14H16F3NO2.ClH/c1-13(2)6-11-12(18-7-13)9-4-3-8(5-10(9)19-11)20-14(15,16)17;/h3-5,11-12,18H,6-7H2,1-2H3;1H. The lowest BCUT2D eigenvalue weighted by molar-refractivity contribution is -0.274. The van der Waals surface area contributed by atoms with Crippen LogP contribution in [0.1, 0.15) is 31.9 Å². The van der Waals surface area contributed by atoms with Crippen LogP contribution in [0.5, 0.6) is 11.5 Å². The van der Waals surface area contributed by atoms with Gasteiger partial charge in [0.15, 0.2) is 0 Å². The first-order chi connectivity index (χ1) is 9.23. The van der Waals surface area contributed by atoms with Gasteiger partial charge < -0.3 is 14.8 Å². The molecule has 3 rings (SSSR count). The lowest BCUT2D eigenvalue weighted by Crippen LogP contribution is -2.46. The molecule has 0 aliphatic carbocycles. The molecule has 2 aliphatic heterocycles. The summed E-state index contributed by atoms with van der Waals surface area (Å²) < 4.78 is 46.4. The summed E-state index contributed by atoms with van der Waals surface area (Å²) in [5, 5.41) is 3.41. The van der Waals surface area contributed by atoms with E-state index in [1.165, 1.54) is 12.1 Å². The molecule has 2 heterocycles. The predicted octanol–water partition coefficient (Wildman–Crippen LogP) is 3.83. The van der Waals surface area contributed by atoms with Crippen LogP contribution in [0.4, 0.5) is 13.2 Å². The Labute approximate surface area is 127 Å². The number of fused-ring (bicyclic) bond motifs is 3. The third-order valence-corrected chi connectivity index (χ3v) is 3.76. The molecule has 2 aliphatic rings. The van der Waals surface area contributed by atoms with Gasteiger partial charge in [0.05, 0.1) is 6.04 Å². The van der Waals surface area contributed by atoms with Gasteiger partial charge in [-0.15, -0.1) is 25.6 Å². The van der Waals surface area contributed by atoms with E-state index in [0.717, 1.165) is 18.5 Å². The van der Waals surface area contributed by atoms with Gasteiger partial charge in [0.25, 0.3) is 0 Å². The fourth-order valence-electron chi connectivity index (χ4n) is 2.91. The monoisotopic (exact) mass is 323 g/mol. The van der Waals surface area contributed by atoms with Gasteiger partial charge in [-0.25, -0.2) is 0 Å². The Balaban J connectivity index is 0.00000161. The Kier molecular flexibility index (Phi) is 4.06. The van der Waals surface area contributed by atoms with E-state index >= 15 is 0 Å². The first-order valence-electron chi connectivity index (χ1n) is 6.53. The summed E-state index contributed by atoms with van der Waals surface area (Å²) in [7, 11) is 0. The zero-order valence-corrected chi connectivity index (χ0v) is 12.5. The van der Waals surface area contributed by atoms with Gasteiger partial charge in [-0.05, 0) is 24.0 Å². The number of alkyl halides is 3. The quantitative estimate of drug-likeness (QED) is 0.852. The van der Waals surface area contributed by atoms with Crippen molar-refractivity contribution in [2.75, 3.05) is 6.54 Å². The zero-order chi connectivity index (χ0) is 14.5. The molecule has 21 heavy (non-hydrogen) atoms. The Morgan fingerprint density at radius 2 is 2.05 bits per heavy atom. The second-order valence-corrected chi connectivity index (χ2v) is 6.13. The zero-order valence-electron chi connectivity index (χ0n) is 11.7. The van der Waals surface area contributed by atoms with E-state index in [1.807, 2.05) is 0 Å². The van der Waals surface area contributed by atoms with Crippen molar-refractivity contribution in [1.29, 1.82) is 0 Å². The Bertz CT molecular complexity index is 533. The molecule has 1 saturated heterocycles. The summed E-state index contributed by atoms with van der Waals surface area (Å²) in [5.41, 5.74) is 1.02. The van der Waals surface area contributed by atoms with Crippen LogP contribution in [0.2, 0.25) is 0 Å². The molecule has 0 radical (unpaired) electrons. The van der Waals surface area contributed by atoms with Gasteiger partial charge in [-0.1, -0.05) is 13.8 Å². The Morgan fingerprint density at radius 3 is 2.71 bits per heavy atom. The number of hydrogen-bond donors (Lipinski definition) is 1. The largest absolute Gasteiger partial charge is 0.573 e. The lowest BCUT2D eigenvalue weighted by atomic mass is 9.80. The molecule has 1 fully saturated rings. The summed E-state index contributed by atoms with van der Waals surface area (Å²) in [6.45, 7) is 5.14. The van der Waals surface area contributed by atoms with Crippen molar-refractivity contribution in [2.45, 2.75) is 38.8 Å². The van der Waals surface area contributed by atoms with Gasteiger partial charge in [0.2, 0.25) is 0 Å². The van der Waals surface area contributed by atoms with Crippen LogP contribution in [0.3, 0.4) is 0 Å². The molecule has 118 valence electrons. The third-order valence-electron chi connectivity index (χ3n) is 3.76. The molecule has 0 amide bonds. The van der Waals surface area contributed by atoms with E-state index in [0.29, 0.717) is 5.75 Å². The Hall–Kier alpha value is -1.14. The van der Waals surface area contributed by atoms with Gasteiger partial charge >= 0.3 is 6.36 Å². The second-order valence-electron chi connectivity index (χ2n) is 6.13. The highest BCUT2D eigenvalue weighted by Gasteiger charge is 2.42. The maximum Gasteiger partial charge on any atom is 0.573 e. The molecule has 0 saturated carbocycles. The van der Waals surface area contributed by atoms with E-state index in [2.05, 4.69) is 23.9 Å². The van der Waals surface area contributed by atoms with E-state index in [4.69, 9.17) is 4.74 Å². The molecule has 1 aromatic carbocycles. The molecular formula is C14H17ClF3NO2. The molecule has 1 aromatic rings. The van der Waals surface area contributed by atoms with Crippen molar-refractivity contribution in [3.63, 3.8) is 0 Å². The average Bonchev–Trinajstić information content (AvgIpc) is 2.61. The summed E-state index contributed by atoms with van der Waals surface area (Å²) in [4.78, 5) is 0. The maximum absolute atomic E-state index is 12.2. The minimum Gasteiger partial charge on any atom is -0.488 e. The number of hydrogen-bond acceptors (Lipinski definition) is 3. The summed E-state index contributed by atoms with van der Waals surface area (Å²) >= 11 is 0. The molecule has 2 atom stereocenters. The number of ether oxygens (including phenoxy) is 2. The topological polar surface area (TPSA) is 30.5 Å². The first kappa shape index (κ1) is 16.2. The minimum absolute atomic E-state index is 0. The first-order valence-corrected chi connectivity index (χ1v) is 6.53. The fourth-order valence-corrected chi connectivity index (χ4v) is 2.91. The molecule has 1 N–H and O–H groups in total. The van der Waals surface area contributed by atoms with E-state index in [9.17, 15) is 13.2 Å². The number of rotatable bonds is 1. The summed E-state index contributed by atoms with van der Waals surface area (Å²) in [6.07, 6.45) is -3.84. The molecule has 2 unspecified atom stereocenters. The van der Waals surface area contributed by atoms with Gasteiger partial charge in [-0.2, -0.15) is 0 Å². The van der Waals surface area contributed by atoms with Gasteiger partial charge in [0.1, 0.15) is 17.6 Å². The third kappa shape index (κ3) is 3.37. The van der Waals surface area contributed by atoms with E-state index in [1.54, 1.807) is 6.07 Å². The van der Waals surface area contributed by atoms with Crippen LogP contribution in [0.15, 0.2) is 18.2 Å². The maximum atomic E-state index is 12.2. The minimum atomic E-state index is -4.68. The molecule has 7 heteroatoms. The smallest absolute Gasteiger partial charge is 0.488 e. The van der Waals surface area contributed by atoms with Crippen molar-refractivity contribution in [2.24, 2.45) is 5.41 Å². The van der Waals surface area contributed by atoms with Crippen LogP contribution in [0.25, 0.3) is 0 Å². The molecule has 0 bridgehead atoms. The average molecular weight is 324 g/mol. The number of benzene rings is 1. The van der Waals surface area contributed by atoms with E-state index in [-0.39, 0.29) is 35.7 Å². The highest BCUT2D eigenvalue weighted by atomic mass is 35.5. The van der Waals surface area contributed by atoms with Crippen LogP contribution in [-0.2, 0) is 0 Å². The highest BCUT2D eigenvalue weighted by molar-refractivity contribution is 5.85. The van der Waals surface area contributed by atoms with Crippen molar-refractivity contribution in [3.8, 4) is 11.5 Å². The van der Waals surface area contributed by atoms with Crippen molar-refractivity contribution < 1.29 is 22.6 Å². The molecular weight excluding hydrogens is 307 g/mol. The van der Waals surface area contributed by atoms with Crippen molar-refractivity contribution in [1.82, 2.24) is 5.32 Å². The van der Waals surface area contributed by atoms with Crippen molar-refractivity contribution >= 4 is 12.4 Å². The van der Waals surface area contributed by atoms with Crippen molar-refractivity contribution in [3.05, 3.63) is 23.8 Å². The van der Waals surface area contributed by atoms with Gasteiger partial charge in [-0.3, -0.25) is 0 Å². The van der Waals surface area contributed by atoms with Crippen LogP contribution in [-0.4, -0.2) is 19.0 Å². The van der Waals surface area contributed by atoms with Crippen LogP contribution < -0.4 is 14.8 Å². The summed E-state index contributed by atoms with van der Waals surface area (Å²) in [5.74, 6) is 0.237. The molecule has 3 nitrogen and oxygen atoms in total. The fraction of sp³-hybridized carbons (Fsp3) is 0.571. The molecule has 0 aromatic heterocycles. The number of piperidine rings is 1. The predicted molar refractivity (Wildman–Crippen MR) is 73.9 cm³/mol. The lowest BCUT2D eigenvalue weighted by Gasteiger charge is -2.37.